The van der Waals surface area contributed by atoms with Gasteiger partial charge in [0.15, 0.2) is 0 Å². The zero-order valence-electron chi connectivity index (χ0n) is 10.5. The minimum atomic E-state index is -0.899. The average Bonchev–Trinajstić information content (AvgIpc) is 2.39. The van der Waals surface area contributed by atoms with E-state index >= 15 is 0 Å². The first-order valence-electron chi connectivity index (χ1n) is 5.81. The number of carboxylic acids is 1. The number of benzene rings is 2. The average molecular weight is 274 g/mol. The molecule has 0 saturated heterocycles. The second kappa shape index (κ2) is 5.80. The van der Waals surface area contributed by atoms with Crippen LogP contribution in [0.1, 0.15) is 21.5 Å². The number of carboxylic acid groups (broad SMARTS) is 1. The van der Waals surface area contributed by atoms with E-state index < -0.39 is 5.97 Å². The molecule has 0 atom stereocenters. The standard InChI is InChI=1S/C15H14O3S/c1-10-2-7-13(8-14(10)15(17)18)19-9-11-3-5-12(16)6-4-11/h2-8,16H,9H2,1H3,(H,17,18). The fourth-order valence-corrected chi connectivity index (χ4v) is 2.57. The maximum atomic E-state index is 11.0. The van der Waals surface area contributed by atoms with E-state index in [9.17, 15) is 9.90 Å². The van der Waals surface area contributed by atoms with Gasteiger partial charge in [0.2, 0.25) is 0 Å². The molecule has 98 valence electrons. The first kappa shape index (κ1) is 13.5. The Balaban J connectivity index is 2.09. The van der Waals surface area contributed by atoms with Crippen molar-refractivity contribution in [2.75, 3.05) is 0 Å². The predicted molar refractivity (Wildman–Crippen MR) is 75.8 cm³/mol. The minimum absolute atomic E-state index is 0.247. The van der Waals surface area contributed by atoms with Gasteiger partial charge in [-0.15, -0.1) is 11.8 Å². The van der Waals surface area contributed by atoms with Crippen molar-refractivity contribution in [2.45, 2.75) is 17.6 Å². The number of hydrogen-bond acceptors (Lipinski definition) is 3. The van der Waals surface area contributed by atoms with Crippen molar-refractivity contribution in [3.05, 3.63) is 59.2 Å². The third-order valence-corrected chi connectivity index (χ3v) is 3.85. The zero-order chi connectivity index (χ0) is 13.8. The van der Waals surface area contributed by atoms with E-state index in [0.717, 1.165) is 21.8 Å². The summed E-state index contributed by atoms with van der Waals surface area (Å²) in [5, 5.41) is 18.3. The largest absolute Gasteiger partial charge is 0.508 e. The Labute approximate surface area is 115 Å². The molecule has 0 aliphatic carbocycles. The van der Waals surface area contributed by atoms with Crippen LogP contribution in [0.2, 0.25) is 0 Å². The highest BCUT2D eigenvalue weighted by Crippen LogP contribution is 2.25. The van der Waals surface area contributed by atoms with Crippen molar-refractivity contribution < 1.29 is 15.0 Å². The number of phenols is 1. The van der Waals surface area contributed by atoms with Crippen LogP contribution in [0.3, 0.4) is 0 Å². The van der Waals surface area contributed by atoms with E-state index in [2.05, 4.69) is 0 Å². The van der Waals surface area contributed by atoms with E-state index in [1.54, 1.807) is 36.9 Å². The van der Waals surface area contributed by atoms with Crippen molar-refractivity contribution in [1.82, 2.24) is 0 Å². The van der Waals surface area contributed by atoms with Gasteiger partial charge in [-0.3, -0.25) is 0 Å². The van der Waals surface area contributed by atoms with Crippen LogP contribution in [-0.2, 0) is 5.75 Å². The molecule has 0 radical (unpaired) electrons. The SMILES string of the molecule is Cc1ccc(SCc2ccc(O)cc2)cc1C(=O)O. The minimum Gasteiger partial charge on any atom is -0.508 e. The van der Waals surface area contributed by atoms with Crippen molar-refractivity contribution in [3.8, 4) is 5.75 Å². The topological polar surface area (TPSA) is 57.5 Å². The lowest BCUT2D eigenvalue weighted by Gasteiger charge is -2.06. The number of rotatable bonds is 4. The molecule has 0 unspecified atom stereocenters. The zero-order valence-corrected chi connectivity index (χ0v) is 11.3. The maximum Gasteiger partial charge on any atom is 0.335 e. The van der Waals surface area contributed by atoms with E-state index in [0.29, 0.717) is 5.56 Å². The molecule has 0 aliphatic rings. The molecular formula is C15H14O3S. The monoisotopic (exact) mass is 274 g/mol. The molecule has 0 heterocycles. The normalized spacial score (nSPS) is 10.4. The summed E-state index contributed by atoms with van der Waals surface area (Å²) >= 11 is 1.57. The summed E-state index contributed by atoms with van der Waals surface area (Å²) in [5.41, 5.74) is 2.19. The first-order valence-corrected chi connectivity index (χ1v) is 6.79. The van der Waals surface area contributed by atoms with Gasteiger partial charge in [-0.05, 0) is 42.3 Å². The third kappa shape index (κ3) is 3.51. The van der Waals surface area contributed by atoms with Crippen LogP contribution < -0.4 is 0 Å². The molecule has 2 rings (SSSR count). The van der Waals surface area contributed by atoms with Gasteiger partial charge in [-0.2, -0.15) is 0 Å². The maximum absolute atomic E-state index is 11.0. The molecule has 19 heavy (non-hydrogen) atoms. The Hall–Kier alpha value is -1.94. The van der Waals surface area contributed by atoms with E-state index in [4.69, 9.17) is 5.11 Å². The highest BCUT2D eigenvalue weighted by molar-refractivity contribution is 7.98. The Morgan fingerprint density at radius 2 is 1.84 bits per heavy atom. The second-order valence-electron chi connectivity index (χ2n) is 4.24. The summed E-state index contributed by atoms with van der Waals surface area (Å²) in [6.07, 6.45) is 0. The lowest BCUT2D eigenvalue weighted by molar-refractivity contribution is 0.0696. The first-order chi connectivity index (χ1) is 9.06. The van der Waals surface area contributed by atoms with Gasteiger partial charge in [0.05, 0.1) is 5.56 Å². The lowest BCUT2D eigenvalue weighted by Crippen LogP contribution is -1.99. The predicted octanol–water partition coefficient (Wildman–Crippen LogP) is 3.69. The molecule has 0 saturated carbocycles. The summed E-state index contributed by atoms with van der Waals surface area (Å²) in [6, 6.07) is 12.4. The fourth-order valence-electron chi connectivity index (χ4n) is 1.68. The summed E-state index contributed by atoms with van der Waals surface area (Å²) in [4.78, 5) is 12.0. The van der Waals surface area contributed by atoms with Crippen LogP contribution in [0.25, 0.3) is 0 Å². The summed E-state index contributed by atoms with van der Waals surface area (Å²) in [6.45, 7) is 1.79. The van der Waals surface area contributed by atoms with Crippen LogP contribution in [-0.4, -0.2) is 16.2 Å². The summed E-state index contributed by atoms with van der Waals surface area (Å²) in [7, 11) is 0. The van der Waals surface area contributed by atoms with E-state index in [1.165, 1.54) is 0 Å². The Kier molecular flexibility index (Phi) is 4.12. The molecule has 0 bridgehead atoms. The molecule has 3 nitrogen and oxygen atoms in total. The van der Waals surface area contributed by atoms with Gasteiger partial charge in [0, 0.05) is 10.6 Å². The molecule has 2 N–H and O–H groups in total. The molecule has 0 aliphatic heterocycles. The molecule has 0 fully saturated rings. The van der Waals surface area contributed by atoms with Crippen LogP contribution in [0, 0.1) is 6.92 Å². The Morgan fingerprint density at radius 3 is 2.47 bits per heavy atom. The molecule has 0 aromatic heterocycles. The Morgan fingerprint density at radius 1 is 1.16 bits per heavy atom. The molecule has 0 spiro atoms. The number of hydrogen-bond donors (Lipinski definition) is 2. The molecular weight excluding hydrogens is 260 g/mol. The molecule has 2 aromatic rings. The number of carbonyl (C=O) groups is 1. The summed E-state index contributed by atoms with van der Waals surface area (Å²) < 4.78 is 0. The molecule has 0 amide bonds. The van der Waals surface area contributed by atoms with Crippen molar-refractivity contribution in [2.24, 2.45) is 0 Å². The van der Waals surface area contributed by atoms with E-state index in [-0.39, 0.29) is 5.75 Å². The van der Waals surface area contributed by atoms with Crippen LogP contribution in [0.4, 0.5) is 0 Å². The van der Waals surface area contributed by atoms with Gasteiger partial charge in [-0.25, -0.2) is 4.79 Å². The number of phenolic OH excluding ortho intramolecular Hbond substituents is 1. The molecule has 2 aromatic carbocycles. The van der Waals surface area contributed by atoms with Gasteiger partial charge >= 0.3 is 5.97 Å². The highest BCUT2D eigenvalue weighted by Gasteiger charge is 2.08. The number of aromatic hydroxyl groups is 1. The van der Waals surface area contributed by atoms with Gasteiger partial charge in [0.1, 0.15) is 5.75 Å². The third-order valence-electron chi connectivity index (χ3n) is 2.78. The van der Waals surface area contributed by atoms with Gasteiger partial charge < -0.3 is 10.2 Å². The summed E-state index contributed by atoms with van der Waals surface area (Å²) in [5.74, 6) is 0.0874. The second-order valence-corrected chi connectivity index (χ2v) is 5.29. The quantitative estimate of drug-likeness (QED) is 0.835. The van der Waals surface area contributed by atoms with Crippen LogP contribution >= 0.6 is 11.8 Å². The van der Waals surface area contributed by atoms with Crippen molar-refractivity contribution in [1.29, 1.82) is 0 Å². The smallest absolute Gasteiger partial charge is 0.335 e. The van der Waals surface area contributed by atoms with Crippen molar-refractivity contribution in [3.63, 3.8) is 0 Å². The number of aromatic carboxylic acids is 1. The number of thioether (sulfide) groups is 1. The number of aryl methyl sites for hydroxylation is 1. The molecule has 4 heteroatoms. The van der Waals surface area contributed by atoms with Crippen LogP contribution in [0.5, 0.6) is 5.75 Å². The fraction of sp³-hybridized carbons (Fsp3) is 0.133. The van der Waals surface area contributed by atoms with Gasteiger partial charge in [-0.1, -0.05) is 18.2 Å². The lowest BCUT2D eigenvalue weighted by atomic mass is 10.1. The Bertz CT molecular complexity index is 591. The highest BCUT2D eigenvalue weighted by atomic mass is 32.2. The van der Waals surface area contributed by atoms with Crippen molar-refractivity contribution >= 4 is 17.7 Å². The van der Waals surface area contributed by atoms with E-state index in [1.807, 2.05) is 24.3 Å². The van der Waals surface area contributed by atoms with Crippen LogP contribution in [0.15, 0.2) is 47.4 Å². The van der Waals surface area contributed by atoms with Gasteiger partial charge in [0.25, 0.3) is 0 Å².